The molecule has 2 aromatic heterocycles. The topological polar surface area (TPSA) is 41.6 Å². The lowest BCUT2D eigenvalue weighted by atomic mass is 10.3. The second kappa shape index (κ2) is 2.54. The lowest BCUT2D eigenvalue weighted by Gasteiger charge is -1.87. The second-order valence-corrected chi connectivity index (χ2v) is 4.60. The minimum absolute atomic E-state index is 0.943. The van der Waals surface area contributed by atoms with Crippen LogP contribution in [-0.4, -0.2) is 15.0 Å². The molecule has 0 saturated carbocycles. The Morgan fingerprint density at radius 2 is 2.00 bits per heavy atom. The van der Waals surface area contributed by atoms with E-state index in [1.54, 1.807) is 11.3 Å². The van der Waals surface area contributed by atoms with E-state index in [0.29, 0.717) is 0 Å². The summed E-state index contributed by atoms with van der Waals surface area (Å²) in [5, 5.41) is 1.09. The number of H-pyrrole nitrogens is 1. The fraction of sp³-hybridized carbons (Fsp3) is 0.200. The number of thiazole rings is 1. The standard InChI is InChI=1S/C10H9N3S/c1-5-11-7-3-4-8-10(9(7)12-5)13-6(2)14-8/h3-4H,1-2H3,(H,11,12). The highest BCUT2D eigenvalue weighted by Crippen LogP contribution is 2.27. The van der Waals surface area contributed by atoms with Crippen LogP contribution in [0, 0.1) is 13.8 Å². The van der Waals surface area contributed by atoms with Gasteiger partial charge in [-0.05, 0) is 26.0 Å². The minimum atomic E-state index is 0.943. The zero-order chi connectivity index (χ0) is 9.71. The normalized spacial score (nSPS) is 11.6. The molecule has 0 aliphatic carbocycles. The summed E-state index contributed by atoms with van der Waals surface area (Å²) in [7, 11) is 0. The lowest BCUT2D eigenvalue weighted by molar-refractivity contribution is 1.17. The van der Waals surface area contributed by atoms with E-state index in [0.717, 1.165) is 27.4 Å². The number of hydrogen-bond donors (Lipinski definition) is 1. The van der Waals surface area contributed by atoms with Crippen molar-refractivity contribution in [1.29, 1.82) is 0 Å². The number of nitrogens with one attached hydrogen (secondary N) is 1. The van der Waals surface area contributed by atoms with Crippen LogP contribution in [0.3, 0.4) is 0 Å². The summed E-state index contributed by atoms with van der Waals surface area (Å²) in [4.78, 5) is 12.1. The first-order valence-electron chi connectivity index (χ1n) is 4.46. The van der Waals surface area contributed by atoms with Gasteiger partial charge in [0.15, 0.2) is 0 Å². The number of benzene rings is 1. The highest BCUT2D eigenvalue weighted by atomic mass is 32.1. The monoisotopic (exact) mass is 203 g/mol. The molecular formula is C10H9N3S. The number of hydrogen-bond acceptors (Lipinski definition) is 3. The maximum absolute atomic E-state index is 4.49. The average Bonchev–Trinajstić information content (AvgIpc) is 2.65. The summed E-state index contributed by atoms with van der Waals surface area (Å²) in [6.07, 6.45) is 0. The van der Waals surface area contributed by atoms with Gasteiger partial charge in [-0.3, -0.25) is 0 Å². The number of aromatic nitrogens is 3. The molecule has 0 aliphatic rings. The van der Waals surface area contributed by atoms with Crippen molar-refractivity contribution in [2.45, 2.75) is 13.8 Å². The van der Waals surface area contributed by atoms with Crippen LogP contribution in [0.2, 0.25) is 0 Å². The maximum atomic E-state index is 4.49. The van der Waals surface area contributed by atoms with Gasteiger partial charge < -0.3 is 4.98 Å². The first-order chi connectivity index (χ1) is 6.74. The van der Waals surface area contributed by atoms with Crippen LogP contribution >= 0.6 is 11.3 Å². The van der Waals surface area contributed by atoms with Crippen molar-refractivity contribution in [3.8, 4) is 0 Å². The number of rotatable bonds is 0. The van der Waals surface area contributed by atoms with Crippen molar-refractivity contribution in [2.75, 3.05) is 0 Å². The smallest absolute Gasteiger partial charge is 0.116 e. The van der Waals surface area contributed by atoms with E-state index in [1.165, 1.54) is 4.70 Å². The van der Waals surface area contributed by atoms with Gasteiger partial charge in [0.25, 0.3) is 0 Å². The van der Waals surface area contributed by atoms with Gasteiger partial charge >= 0.3 is 0 Å². The molecular weight excluding hydrogens is 194 g/mol. The van der Waals surface area contributed by atoms with Gasteiger partial charge in [0.1, 0.15) is 16.9 Å². The third-order valence-corrected chi connectivity index (χ3v) is 3.17. The van der Waals surface area contributed by atoms with Gasteiger partial charge in [0, 0.05) is 0 Å². The Kier molecular flexibility index (Phi) is 1.44. The number of aryl methyl sites for hydroxylation is 2. The molecule has 14 heavy (non-hydrogen) atoms. The molecule has 0 atom stereocenters. The molecule has 0 unspecified atom stereocenters. The molecule has 0 fully saturated rings. The van der Waals surface area contributed by atoms with Crippen molar-refractivity contribution in [3.05, 3.63) is 23.0 Å². The van der Waals surface area contributed by atoms with Gasteiger partial charge in [0.2, 0.25) is 0 Å². The van der Waals surface area contributed by atoms with Crippen molar-refractivity contribution in [3.63, 3.8) is 0 Å². The van der Waals surface area contributed by atoms with E-state index in [-0.39, 0.29) is 0 Å². The minimum Gasteiger partial charge on any atom is -0.342 e. The van der Waals surface area contributed by atoms with E-state index in [1.807, 2.05) is 13.8 Å². The van der Waals surface area contributed by atoms with Gasteiger partial charge in [0.05, 0.1) is 15.2 Å². The third kappa shape index (κ3) is 0.974. The molecule has 1 N–H and O–H groups in total. The molecule has 1 aromatic carbocycles. The van der Waals surface area contributed by atoms with Gasteiger partial charge in [-0.25, -0.2) is 9.97 Å². The fourth-order valence-corrected chi connectivity index (χ4v) is 2.53. The van der Waals surface area contributed by atoms with E-state index < -0.39 is 0 Å². The predicted molar refractivity (Wildman–Crippen MR) is 58.7 cm³/mol. The molecule has 0 amide bonds. The summed E-state index contributed by atoms with van der Waals surface area (Å²) in [5.41, 5.74) is 3.08. The summed E-state index contributed by atoms with van der Waals surface area (Å²) in [6.45, 7) is 3.99. The van der Waals surface area contributed by atoms with Crippen molar-refractivity contribution < 1.29 is 0 Å². The first kappa shape index (κ1) is 7.94. The maximum Gasteiger partial charge on any atom is 0.116 e. The summed E-state index contributed by atoms with van der Waals surface area (Å²) < 4.78 is 1.21. The molecule has 3 nitrogen and oxygen atoms in total. The van der Waals surface area contributed by atoms with Gasteiger partial charge in [-0.15, -0.1) is 11.3 Å². The first-order valence-corrected chi connectivity index (χ1v) is 5.28. The van der Waals surface area contributed by atoms with Crippen LogP contribution in [0.4, 0.5) is 0 Å². The largest absolute Gasteiger partial charge is 0.342 e. The molecule has 4 heteroatoms. The zero-order valence-electron chi connectivity index (χ0n) is 7.96. The van der Waals surface area contributed by atoms with Crippen molar-refractivity contribution >= 4 is 32.6 Å². The fourth-order valence-electron chi connectivity index (χ4n) is 1.70. The summed E-state index contributed by atoms with van der Waals surface area (Å²) in [6, 6.07) is 4.16. The Balaban J connectivity index is 2.58. The summed E-state index contributed by atoms with van der Waals surface area (Å²) in [5.74, 6) is 0.943. The predicted octanol–water partition coefficient (Wildman–Crippen LogP) is 2.79. The highest BCUT2D eigenvalue weighted by Gasteiger charge is 2.07. The quantitative estimate of drug-likeness (QED) is 0.610. The summed E-state index contributed by atoms with van der Waals surface area (Å²) >= 11 is 1.71. The van der Waals surface area contributed by atoms with Crippen LogP contribution in [0.15, 0.2) is 12.1 Å². The number of nitrogens with zero attached hydrogens (tertiary/aromatic N) is 2. The SMILES string of the molecule is Cc1nc2c(ccc3sc(C)nc32)[nH]1. The van der Waals surface area contributed by atoms with E-state index in [9.17, 15) is 0 Å². The van der Waals surface area contributed by atoms with Crippen molar-refractivity contribution in [1.82, 2.24) is 15.0 Å². The Hall–Kier alpha value is -1.42. The molecule has 0 bridgehead atoms. The highest BCUT2D eigenvalue weighted by molar-refractivity contribution is 7.18. The van der Waals surface area contributed by atoms with Gasteiger partial charge in [-0.2, -0.15) is 0 Å². The van der Waals surface area contributed by atoms with E-state index in [2.05, 4.69) is 27.1 Å². The van der Waals surface area contributed by atoms with Crippen LogP contribution in [0.25, 0.3) is 21.3 Å². The molecule has 3 aromatic rings. The zero-order valence-corrected chi connectivity index (χ0v) is 8.77. The Morgan fingerprint density at radius 3 is 2.86 bits per heavy atom. The molecule has 0 saturated heterocycles. The van der Waals surface area contributed by atoms with E-state index >= 15 is 0 Å². The van der Waals surface area contributed by atoms with Crippen LogP contribution in [-0.2, 0) is 0 Å². The number of imidazole rings is 1. The second-order valence-electron chi connectivity index (χ2n) is 3.36. The molecule has 0 spiro atoms. The average molecular weight is 203 g/mol. The lowest BCUT2D eigenvalue weighted by Crippen LogP contribution is -1.73. The Morgan fingerprint density at radius 1 is 1.14 bits per heavy atom. The van der Waals surface area contributed by atoms with Crippen molar-refractivity contribution in [2.24, 2.45) is 0 Å². The third-order valence-electron chi connectivity index (χ3n) is 2.24. The number of fused-ring (bicyclic) bond motifs is 3. The van der Waals surface area contributed by atoms with Gasteiger partial charge in [-0.1, -0.05) is 0 Å². The molecule has 0 aliphatic heterocycles. The van der Waals surface area contributed by atoms with Crippen LogP contribution in [0.1, 0.15) is 10.8 Å². The Labute approximate surface area is 84.8 Å². The molecule has 0 radical (unpaired) electrons. The number of aromatic amines is 1. The van der Waals surface area contributed by atoms with E-state index in [4.69, 9.17) is 0 Å². The molecule has 2 heterocycles. The Bertz CT molecular complexity index is 565. The van der Waals surface area contributed by atoms with Crippen LogP contribution in [0.5, 0.6) is 0 Å². The van der Waals surface area contributed by atoms with Crippen LogP contribution < -0.4 is 0 Å². The molecule has 70 valence electrons. The molecule has 3 rings (SSSR count).